The summed E-state index contributed by atoms with van der Waals surface area (Å²) < 4.78 is 5.88. The van der Waals surface area contributed by atoms with E-state index >= 15 is 0 Å². The number of carboxylic acid groups (broad SMARTS) is 1. The third-order valence-corrected chi connectivity index (χ3v) is 4.67. The van der Waals surface area contributed by atoms with Crippen LogP contribution in [0.15, 0.2) is 35.3 Å². The molecule has 4 heteroatoms. The van der Waals surface area contributed by atoms with Gasteiger partial charge in [-0.2, -0.15) is 0 Å². The quantitative estimate of drug-likeness (QED) is 0.903. The van der Waals surface area contributed by atoms with Crippen LogP contribution in [0.1, 0.15) is 50.5 Å². The molecule has 22 heavy (non-hydrogen) atoms. The van der Waals surface area contributed by atoms with Crippen LogP contribution in [0, 0.1) is 5.92 Å². The molecule has 1 aromatic carbocycles. The molecule has 2 unspecified atom stereocenters. The van der Waals surface area contributed by atoms with E-state index in [9.17, 15) is 4.79 Å². The topological polar surface area (TPSA) is 58.9 Å². The molecule has 0 amide bonds. The molecule has 0 spiro atoms. The molecule has 1 aromatic rings. The number of rotatable bonds is 5. The molecule has 0 bridgehead atoms. The Morgan fingerprint density at radius 3 is 2.59 bits per heavy atom. The van der Waals surface area contributed by atoms with Gasteiger partial charge in [0.15, 0.2) is 0 Å². The monoisotopic (exact) mass is 301 g/mol. The first-order valence-electron chi connectivity index (χ1n) is 8.24. The number of aliphatic imine (C=N–C) groups is 1. The van der Waals surface area contributed by atoms with Crippen LogP contribution in [0.3, 0.4) is 0 Å². The lowest BCUT2D eigenvalue weighted by Gasteiger charge is -2.25. The van der Waals surface area contributed by atoms with Crippen molar-refractivity contribution in [3.05, 3.63) is 35.9 Å². The van der Waals surface area contributed by atoms with E-state index in [-0.39, 0.29) is 18.6 Å². The Morgan fingerprint density at radius 1 is 1.18 bits per heavy atom. The molecule has 1 fully saturated rings. The van der Waals surface area contributed by atoms with Crippen LogP contribution in [0.25, 0.3) is 0 Å². The van der Waals surface area contributed by atoms with Crippen LogP contribution in [-0.2, 0) is 9.53 Å². The molecule has 4 nitrogen and oxygen atoms in total. The Labute approximate surface area is 131 Å². The summed E-state index contributed by atoms with van der Waals surface area (Å²) in [5, 5.41) is 9.12. The summed E-state index contributed by atoms with van der Waals surface area (Å²) in [5.74, 6) is 0.452. The van der Waals surface area contributed by atoms with Crippen molar-refractivity contribution >= 4 is 11.9 Å². The number of hydrogen-bond donors (Lipinski definition) is 1. The van der Waals surface area contributed by atoms with Gasteiger partial charge in [-0.05, 0) is 24.5 Å². The molecule has 0 radical (unpaired) electrons. The number of carbonyl (C=O) groups is 1. The van der Waals surface area contributed by atoms with E-state index in [4.69, 9.17) is 14.8 Å². The Balaban J connectivity index is 1.73. The predicted octanol–water partition coefficient (Wildman–Crippen LogP) is 3.65. The van der Waals surface area contributed by atoms with Gasteiger partial charge in [-0.1, -0.05) is 50.3 Å². The highest BCUT2D eigenvalue weighted by Crippen LogP contribution is 2.32. The molecule has 2 aliphatic rings. The van der Waals surface area contributed by atoms with Gasteiger partial charge in [0.05, 0.1) is 12.5 Å². The van der Waals surface area contributed by atoms with Crippen LogP contribution >= 0.6 is 0 Å². The normalized spacial score (nSPS) is 25.5. The zero-order valence-electron chi connectivity index (χ0n) is 12.8. The number of carboxylic acids is 1. The van der Waals surface area contributed by atoms with Gasteiger partial charge in [0.1, 0.15) is 6.10 Å². The van der Waals surface area contributed by atoms with Gasteiger partial charge in [0.25, 0.3) is 0 Å². The summed E-state index contributed by atoms with van der Waals surface area (Å²) in [7, 11) is 0. The number of hydrogen-bond acceptors (Lipinski definition) is 3. The molecular formula is C18H23NO3. The third kappa shape index (κ3) is 3.67. The minimum absolute atomic E-state index is 0.0191. The summed E-state index contributed by atoms with van der Waals surface area (Å²) in [6.45, 7) is 0. The SMILES string of the molecule is O=C(O)CC1OC(c2ccccc2)=NC1CC1CCCCC1. The number of nitrogens with zero attached hydrogens (tertiary/aromatic N) is 1. The standard InChI is InChI=1S/C18H23NO3/c20-17(21)12-16-15(11-13-7-3-1-4-8-13)19-18(22-16)14-9-5-2-6-10-14/h2,5-6,9-10,13,15-16H,1,3-4,7-8,11-12H2,(H,20,21). The Hall–Kier alpha value is -1.84. The first-order valence-corrected chi connectivity index (χ1v) is 8.24. The van der Waals surface area contributed by atoms with E-state index in [2.05, 4.69) is 0 Å². The van der Waals surface area contributed by atoms with Crippen LogP contribution < -0.4 is 0 Å². The van der Waals surface area contributed by atoms with Gasteiger partial charge < -0.3 is 9.84 Å². The Bertz CT molecular complexity index is 535. The molecule has 118 valence electrons. The smallest absolute Gasteiger partial charge is 0.307 e. The maximum atomic E-state index is 11.1. The number of benzene rings is 1. The largest absolute Gasteiger partial charge is 0.481 e. The van der Waals surface area contributed by atoms with Gasteiger partial charge in [0, 0.05) is 5.56 Å². The van der Waals surface area contributed by atoms with E-state index in [1.807, 2.05) is 30.3 Å². The molecule has 2 atom stereocenters. The van der Waals surface area contributed by atoms with Gasteiger partial charge >= 0.3 is 5.97 Å². The fourth-order valence-electron chi connectivity index (χ4n) is 3.53. The Morgan fingerprint density at radius 2 is 1.91 bits per heavy atom. The summed E-state index contributed by atoms with van der Waals surface area (Å²) in [6.07, 6.45) is 7.04. The van der Waals surface area contributed by atoms with Crippen molar-refractivity contribution in [3.8, 4) is 0 Å². The average molecular weight is 301 g/mol. The minimum Gasteiger partial charge on any atom is -0.481 e. The van der Waals surface area contributed by atoms with Crippen LogP contribution in [-0.4, -0.2) is 29.1 Å². The predicted molar refractivity (Wildman–Crippen MR) is 85.1 cm³/mol. The molecule has 3 rings (SSSR count). The summed E-state index contributed by atoms with van der Waals surface area (Å²) in [6, 6.07) is 9.74. The fourth-order valence-corrected chi connectivity index (χ4v) is 3.53. The van der Waals surface area contributed by atoms with Gasteiger partial charge in [0.2, 0.25) is 5.90 Å². The molecule has 0 aromatic heterocycles. The minimum atomic E-state index is -0.817. The van der Waals surface area contributed by atoms with Crippen molar-refractivity contribution in [1.29, 1.82) is 0 Å². The van der Waals surface area contributed by atoms with Crippen molar-refractivity contribution in [1.82, 2.24) is 0 Å². The summed E-state index contributed by atoms with van der Waals surface area (Å²) >= 11 is 0. The molecule has 0 saturated heterocycles. The summed E-state index contributed by atoms with van der Waals surface area (Å²) in [5.41, 5.74) is 0.934. The molecule has 1 saturated carbocycles. The lowest BCUT2D eigenvalue weighted by molar-refractivity contribution is -0.139. The zero-order chi connectivity index (χ0) is 15.4. The number of ether oxygens (including phenoxy) is 1. The van der Waals surface area contributed by atoms with Crippen molar-refractivity contribution < 1.29 is 14.6 Å². The van der Waals surface area contributed by atoms with E-state index < -0.39 is 5.97 Å². The van der Waals surface area contributed by atoms with Crippen LogP contribution in [0.5, 0.6) is 0 Å². The van der Waals surface area contributed by atoms with Gasteiger partial charge in [-0.15, -0.1) is 0 Å². The second-order valence-electron chi connectivity index (χ2n) is 6.36. The maximum Gasteiger partial charge on any atom is 0.307 e. The highest BCUT2D eigenvalue weighted by atomic mass is 16.5. The lowest BCUT2D eigenvalue weighted by Crippen LogP contribution is -2.28. The molecule has 1 aliphatic carbocycles. The molecule has 1 N–H and O–H groups in total. The van der Waals surface area contributed by atoms with E-state index in [1.54, 1.807) is 0 Å². The molecule has 1 aliphatic heterocycles. The second kappa shape index (κ2) is 6.95. The molecule has 1 heterocycles. The van der Waals surface area contributed by atoms with Crippen molar-refractivity contribution in [2.75, 3.05) is 0 Å². The van der Waals surface area contributed by atoms with E-state index in [0.717, 1.165) is 12.0 Å². The zero-order valence-corrected chi connectivity index (χ0v) is 12.8. The number of aliphatic carboxylic acids is 1. The second-order valence-corrected chi connectivity index (χ2v) is 6.36. The van der Waals surface area contributed by atoms with Crippen molar-refractivity contribution in [2.24, 2.45) is 10.9 Å². The van der Waals surface area contributed by atoms with Crippen LogP contribution in [0.2, 0.25) is 0 Å². The van der Waals surface area contributed by atoms with E-state index in [1.165, 1.54) is 32.1 Å². The molecular weight excluding hydrogens is 278 g/mol. The fraction of sp³-hybridized carbons (Fsp3) is 0.556. The van der Waals surface area contributed by atoms with Gasteiger partial charge in [-0.3, -0.25) is 4.79 Å². The highest BCUT2D eigenvalue weighted by molar-refractivity contribution is 5.95. The van der Waals surface area contributed by atoms with Gasteiger partial charge in [-0.25, -0.2) is 4.99 Å². The average Bonchev–Trinajstić information content (AvgIpc) is 2.91. The van der Waals surface area contributed by atoms with E-state index in [0.29, 0.717) is 11.8 Å². The third-order valence-electron chi connectivity index (χ3n) is 4.67. The Kier molecular flexibility index (Phi) is 4.76. The lowest BCUT2D eigenvalue weighted by atomic mass is 9.83. The first kappa shape index (κ1) is 15.1. The van der Waals surface area contributed by atoms with Crippen molar-refractivity contribution in [2.45, 2.75) is 57.1 Å². The summed E-state index contributed by atoms with van der Waals surface area (Å²) in [4.78, 5) is 15.8. The highest BCUT2D eigenvalue weighted by Gasteiger charge is 2.35. The first-order chi connectivity index (χ1) is 10.7. The maximum absolute atomic E-state index is 11.1. The van der Waals surface area contributed by atoms with Crippen LogP contribution in [0.4, 0.5) is 0 Å². The van der Waals surface area contributed by atoms with Crippen molar-refractivity contribution in [3.63, 3.8) is 0 Å².